The van der Waals surface area contributed by atoms with E-state index in [-0.39, 0.29) is 5.78 Å². The number of fused-ring (bicyclic) bond motifs is 1. The molecule has 0 saturated carbocycles. The van der Waals surface area contributed by atoms with Crippen LogP contribution < -0.4 is 0 Å². The van der Waals surface area contributed by atoms with Crippen LogP contribution in [0.3, 0.4) is 0 Å². The molecule has 0 aliphatic rings. The second-order valence-corrected chi connectivity index (χ2v) is 3.40. The van der Waals surface area contributed by atoms with Gasteiger partial charge in [-0.15, -0.1) is 0 Å². The van der Waals surface area contributed by atoms with E-state index in [9.17, 15) is 4.79 Å². The lowest BCUT2D eigenvalue weighted by atomic mass is 10.1. The van der Waals surface area contributed by atoms with Crippen molar-refractivity contribution in [3.05, 3.63) is 48.2 Å². The van der Waals surface area contributed by atoms with Crippen molar-refractivity contribution >= 4 is 22.8 Å². The summed E-state index contributed by atoms with van der Waals surface area (Å²) in [5.74, 6) is 0.0520. The smallest absolute Gasteiger partial charge is 0.152 e. The van der Waals surface area contributed by atoms with E-state index in [2.05, 4.69) is 4.98 Å². The predicted molar refractivity (Wildman–Crippen MR) is 61.5 cm³/mol. The summed E-state index contributed by atoms with van der Waals surface area (Å²) in [6.45, 7) is 1.54. The maximum Gasteiger partial charge on any atom is 0.152 e. The third-order valence-electron chi connectivity index (χ3n) is 2.14. The topological polar surface area (TPSA) is 30.0 Å². The summed E-state index contributed by atoms with van der Waals surface area (Å²) in [5, 5.41) is 1.11. The highest BCUT2D eigenvalue weighted by Crippen LogP contribution is 2.13. The van der Waals surface area contributed by atoms with Gasteiger partial charge in [0.05, 0.1) is 5.52 Å². The van der Waals surface area contributed by atoms with Crippen molar-refractivity contribution in [2.45, 2.75) is 6.92 Å². The molecule has 15 heavy (non-hydrogen) atoms. The molecule has 74 valence electrons. The summed E-state index contributed by atoms with van der Waals surface area (Å²) in [6, 6.07) is 9.87. The van der Waals surface area contributed by atoms with Crippen LogP contribution in [-0.4, -0.2) is 10.8 Å². The summed E-state index contributed by atoms with van der Waals surface area (Å²) >= 11 is 0. The number of nitrogens with zero attached hydrogens (tertiary/aromatic N) is 1. The van der Waals surface area contributed by atoms with Crippen LogP contribution in [0.25, 0.3) is 17.0 Å². The van der Waals surface area contributed by atoms with Crippen molar-refractivity contribution in [1.82, 2.24) is 4.98 Å². The molecule has 0 amide bonds. The highest BCUT2D eigenvalue weighted by atomic mass is 16.1. The van der Waals surface area contributed by atoms with Gasteiger partial charge in [-0.2, -0.15) is 0 Å². The zero-order valence-corrected chi connectivity index (χ0v) is 8.47. The maximum atomic E-state index is 10.8. The van der Waals surface area contributed by atoms with Crippen LogP contribution in [0, 0.1) is 0 Å². The summed E-state index contributed by atoms with van der Waals surface area (Å²) in [5.41, 5.74) is 1.94. The minimum Gasteiger partial charge on any atom is -0.295 e. The van der Waals surface area contributed by atoms with Gasteiger partial charge in [-0.25, -0.2) is 0 Å². The average Bonchev–Trinajstić information content (AvgIpc) is 2.26. The van der Waals surface area contributed by atoms with E-state index in [4.69, 9.17) is 0 Å². The minimum absolute atomic E-state index is 0.0520. The second-order valence-electron chi connectivity index (χ2n) is 3.40. The molecule has 0 N–H and O–H groups in total. The largest absolute Gasteiger partial charge is 0.295 e. The highest BCUT2D eigenvalue weighted by molar-refractivity contribution is 5.92. The van der Waals surface area contributed by atoms with E-state index in [0.717, 1.165) is 16.5 Å². The van der Waals surface area contributed by atoms with Gasteiger partial charge in [-0.1, -0.05) is 24.3 Å². The molecule has 0 unspecified atom stereocenters. The Hall–Kier alpha value is -1.96. The predicted octanol–water partition coefficient (Wildman–Crippen LogP) is 2.84. The lowest BCUT2D eigenvalue weighted by Gasteiger charge is -1.97. The van der Waals surface area contributed by atoms with Crippen LogP contribution in [0.15, 0.2) is 42.6 Å². The van der Waals surface area contributed by atoms with Gasteiger partial charge in [0.15, 0.2) is 5.78 Å². The number of allylic oxidation sites excluding steroid dienone is 1. The van der Waals surface area contributed by atoms with Gasteiger partial charge in [-0.05, 0) is 30.7 Å². The quantitative estimate of drug-likeness (QED) is 0.693. The second kappa shape index (κ2) is 4.05. The molecule has 0 spiro atoms. The molecule has 2 rings (SSSR count). The van der Waals surface area contributed by atoms with E-state index < -0.39 is 0 Å². The number of hydrogen-bond acceptors (Lipinski definition) is 2. The molecule has 1 aromatic carbocycles. The lowest BCUT2D eigenvalue weighted by Crippen LogP contribution is -1.82. The maximum absolute atomic E-state index is 10.8. The fraction of sp³-hybridized carbons (Fsp3) is 0.0769. The summed E-state index contributed by atoms with van der Waals surface area (Å²) in [7, 11) is 0. The van der Waals surface area contributed by atoms with Gasteiger partial charge in [0, 0.05) is 11.6 Å². The van der Waals surface area contributed by atoms with E-state index in [1.165, 1.54) is 6.92 Å². The van der Waals surface area contributed by atoms with Crippen molar-refractivity contribution in [2.75, 3.05) is 0 Å². The fourth-order valence-corrected chi connectivity index (χ4v) is 1.40. The molecule has 0 bridgehead atoms. The van der Waals surface area contributed by atoms with Crippen molar-refractivity contribution in [2.24, 2.45) is 0 Å². The Morgan fingerprint density at radius 2 is 2.20 bits per heavy atom. The van der Waals surface area contributed by atoms with E-state index >= 15 is 0 Å². The lowest BCUT2D eigenvalue weighted by molar-refractivity contribution is -0.112. The van der Waals surface area contributed by atoms with Crippen molar-refractivity contribution in [3.63, 3.8) is 0 Å². The molecule has 0 aliphatic heterocycles. The molecule has 0 saturated heterocycles. The average molecular weight is 197 g/mol. The molecular formula is C13H11NO. The Kier molecular flexibility index (Phi) is 2.59. The molecule has 0 aliphatic carbocycles. The van der Waals surface area contributed by atoms with Crippen LogP contribution in [0.1, 0.15) is 12.5 Å². The molecule has 0 atom stereocenters. The fourth-order valence-electron chi connectivity index (χ4n) is 1.40. The number of pyridine rings is 1. The van der Waals surface area contributed by atoms with Crippen LogP contribution >= 0.6 is 0 Å². The number of carbonyl (C=O) groups excluding carboxylic acids is 1. The first kappa shape index (κ1) is 9.59. The zero-order valence-electron chi connectivity index (χ0n) is 8.47. The molecule has 1 aromatic heterocycles. The first-order valence-electron chi connectivity index (χ1n) is 4.79. The van der Waals surface area contributed by atoms with Crippen LogP contribution in [0.4, 0.5) is 0 Å². The number of rotatable bonds is 2. The first-order chi connectivity index (χ1) is 7.25. The number of hydrogen-bond donors (Lipinski definition) is 0. The Labute approximate surface area is 88.3 Å². The Bertz CT molecular complexity index is 529. The number of benzene rings is 1. The van der Waals surface area contributed by atoms with Crippen LogP contribution in [-0.2, 0) is 4.79 Å². The van der Waals surface area contributed by atoms with E-state index in [1.807, 2.05) is 30.3 Å². The summed E-state index contributed by atoms with van der Waals surface area (Å²) in [4.78, 5) is 15.0. The zero-order chi connectivity index (χ0) is 10.7. The van der Waals surface area contributed by atoms with Gasteiger partial charge in [0.1, 0.15) is 0 Å². The van der Waals surface area contributed by atoms with Gasteiger partial charge < -0.3 is 0 Å². The van der Waals surface area contributed by atoms with E-state index in [1.54, 1.807) is 18.3 Å². The standard InChI is InChI=1S/C13H11NO/c1-10(15)4-5-11-6-7-12-3-2-8-14-13(12)9-11/h2-9H,1H3/b5-4+. The normalized spacial score (nSPS) is 11.0. The Morgan fingerprint density at radius 3 is 3.00 bits per heavy atom. The van der Waals surface area contributed by atoms with Gasteiger partial charge in [-0.3, -0.25) is 9.78 Å². The highest BCUT2D eigenvalue weighted by Gasteiger charge is 1.94. The van der Waals surface area contributed by atoms with Crippen molar-refractivity contribution in [3.8, 4) is 0 Å². The third-order valence-corrected chi connectivity index (χ3v) is 2.14. The minimum atomic E-state index is 0.0520. The molecule has 2 heteroatoms. The summed E-state index contributed by atoms with van der Waals surface area (Å²) in [6.07, 6.45) is 5.13. The van der Waals surface area contributed by atoms with Crippen LogP contribution in [0.2, 0.25) is 0 Å². The van der Waals surface area contributed by atoms with Crippen molar-refractivity contribution < 1.29 is 4.79 Å². The molecule has 2 nitrogen and oxygen atoms in total. The monoisotopic (exact) mass is 197 g/mol. The van der Waals surface area contributed by atoms with E-state index in [0.29, 0.717) is 0 Å². The number of carbonyl (C=O) groups is 1. The number of ketones is 1. The first-order valence-corrected chi connectivity index (χ1v) is 4.79. The molecule has 0 radical (unpaired) electrons. The molecule has 1 heterocycles. The molecule has 2 aromatic rings. The Morgan fingerprint density at radius 1 is 1.33 bits per heavy atom. The summed E-state index contributed by atoms with van der Waals surface area (Å²) < 4.78 is 0. The van der Waals surface area contributed by atoms with Crippen molar-refractivity contribution in [1.29, 1.82) is 0 Å². The number of aromatic nitrogens is 1. The third kappa shape index (κ3) is 2.29. The Balaban J connectivity index is 2.43. The van der Waals surface area contributed by atoms with Crippen LogP contribution in [0.5, 0.6) is 0 Å². The molecule has 0 fully saturated rings. The van der Waals surface area contributed by atoms with Gasteiger partial charge in [0.25, 0.3) is 0 Å². The van der Waals surface area contributed by atoms with Gasteiger partial charge >= 0.3 is 0 Å². The molecular weight excluding hydrogens is 186 g/mol. The van der Waals surface area contributed by atoms with Gasteiger partial charge in [0.2, 0.25) is 0 Å². The SMILES string of the molecule is CC(=O)/C=C/c1ccc2cccnc2c1.